The summed E-state index contributed by atoms with van der Waals surface area (Å²) in [6, 6.07) is 1.77. The molecule has 0 radical (unpaired) electrons. The normalized spacial score (nSPS) is 13.5. The van der Waals surface area contributed by atoms with Crippen molar-refractivity contribution in [2.24, 2.45) is 0 Å². The van der Waals surface area contributed by atoms with E-state index in [4.69, 9.17) is 0 Å². The number of aromatic nitrogens is 2. The lowest BCUT2D eigenvalue weighted by molar-refractivity contribution is 0.0954. The number of hydrogen-bond acceptors (Lipinski definition) is 5. The molecule has 3 rings (SSSR count). The minimum absolute atomic E-state index is 0.0326. The van der Waals surface area contributed by atoms with E-state index in [-0.39, 0.29) is 5.91 Å². The first kappa shape index (κ1) is 14.0. The van der Waals surface area contributed by atoms with Gasteiger partial charge in [-0.15, -0.1) is 11.3 Å². The molecule has 2 heterocycles. The van der Waals surface area contributed by atoms with Gasteiger partial charge in [0, 0.05) is 35.7 Å². The Hall–Kier alpha value is -1.95. The second-order valence-electron chi connectivity index (χ2n) is 5.01. The van der Waals surface area contributed by atoms with Crippen LogP contribution in [-0.4, -0.2) is 29.0 Å². The van der Waals surface area contributed by atoms with Gasteiger partial charge in [-0.2, -0.15) is 0 Å². The first-order chi connectivity index (χ1) is 10.3. The van der Waals surface area contributed by atoms with Gasteiger partial charge in [-0.1, -0.05) is 0 Å². The van der Waals surface area contributed by atoms with Crippen LogP contribution in [0.1, 0.15) is 33.6 Å². The van der Waals surface area contributed by atoms with Crippen LogP contribution in [0, 0.1) is 0 Å². The third kappa shape index (κ3) is 3.39. The number of nitrogens with zero attached hydrogens (tertiary/aromatic N) is 2. The number of thiophene rings is 1. The number of aryl methyl sites for hydroxylation is 1. The monoisotopic (exact) mass is 302 g/mol. The van der Waals surface area contributed by atoms with Crippen molar-refractivity contribution in [1.82, 2.24) is 15.3 Å². The van der Waals surface area contributed by atoms with Crippen LogP contribution in [0.15, 0.2) is 23.8 Å². The number of hydrogen-bond donors (Lipinski definition) is 2. The lowest BCUT2D eigenvalue weighted by Gasteiger charge is -2.12. The quantitative estimate of drug-likeness (QED) is 0.831. The van der Waals surface area contributed by atoms with E-state index in [1.807, 2.05) is 5.38 Å². The van der Waals surface area contributed by atoms with E-state index in [0.29, 0.717) is 19.0 Å². The highest BCUT2D eigenvalue weighted by atomic mass is 32.1. The van der Waals surface area contributed by atoms with Crippen LogP contribution in [0.5, 0.6) is 0 Å². The van der Waals surface area contributed by atoms with E-state index < -0.39 is 0 Å². The number of carbonyl (C=O) groups is 1. The van der Waals surface area contributed by atoms with Gasteiger partial charge in [-0.3, -0.25) is 4.79 Å². The Labute approximate surface area is 127 Å². The fourth-order valence-corrected chi connectivity index (χ4v) is 3.65. The molecule has 1 aliphatic carbocycles. The smallest absolute Gasteiger partial charge is 0.252 e. The predicted octanol–water partition coefficient (Wildman–Crippen LogP) is 2.26. The molecular weight excluding hydrogens is 284 g/mol. The molecule has 2 aromatic rings. The Kier molecular flexibility index (Phi) is 4.45. The summed E-state index contributed by atoms with van der Waals surface area (Å²) in [5.41, 5.74) is 2.13. The number of carbonyl (C=O) groups excluding carboxylic acids is 1. The van der Waals surface area contributed by atoms with Crippen LogP contribution in [0.2, 0.25) is 0 Å². The molecule has 2 aromatic heterocycles. The highest BCUT2D eigenvalue weighted by Crippen LogP contribution is 2.29. The molecule has 0 saturated heterocycles. The highest BCUT2D eigenvalue weighted by molar-refractivity contribution is 7.10. The zero-order valence-electron chi connectivity index (χ0n) is 11.8. The molecule has 5 nitrogen and oxygen atoms in total. The van der Waals surface area contributed by atoms with Crippen molar-refractivity contribution < 1.29 is 4.79 Å². The van der Waals surface area contributed by atoms with E-state index >= 15 is 0 Å². The van der Waals surface area contributed by atoms with Crippen molar-refractivity contribution in [3.63, 3.8) is 0 Å². The van der Waals surface area contributed by atoms with Crippen molar-refractivity contribution in [1.29, 1.82) is 0 Å². The maximum absolute atomic E-state index is 12.2. The molecule has 6 heteroatoms. The molecule has 1 amide bonds. The second-order valence-corrected chi connectivity index (χ2v) is 5.98. The van der Waals surface area contributed by atoms with E-state index in [0.717, 1.165) is 18.4 Å². The lowest BCUT2D eigenvalue weighted by Crippen LogP contribution is -2.29. The van der Waals surface area contributed by atoms with Gasteiger partial charge in [0.1, 0.15) is 0 Å². The summed E-state index contributed by atoms with van der Waals surface area (Å²) in [6.07, 6.45) is 7.97. The van der Waals surface area contributed by atoms with Crippen LogP contribution in [0.3, 0.4) is 0 Å². The van der Waals surface area contributed by atoms with Gasteiger partial charge in [-0.05, 0) is 37.3 Å². The van der Waals surface area contributed by atoms with Gasteiger partial charge >= 0.3 is 0 Å². The molecule has 0 spiro atoms. The van der Waals surface area contributed by atoms with Gasteiger partial charge in [0.2, 0.25) is 5.95 Å². The minimum Gasteiger partial charge on any atom is -0.352 e. The van der Waals surface area contributed by atoms with Crippen molar-refractivity contribution in [3.05, 3.63) is 39.8 Å². The molecule has 0 bridgehead atoms. The van der Waals surface area contributed by atoms with E-state index in [9.17, 15) is 4.79 Å². The standard InChI is InChI=1S/C15H18N4OS/c20-14(12-10-21-13-5-2-1-4-11(12)13)16-8-9-19-15-17-6-3-7-18-15/h3,6-7,10H,1-2,4-5,8-9H2,(H,16,20)(H,17,18,19). The molecule has 21 heavy (non-hydrogen) atoms. The lowest BCUT2D eigenvalue weighted by atomic mass is 9.96. The summed E-state index contributed by atoms with van der Waals surface area (Å²) in [5, 5.41) is 8.03. The first-order valence-corrected chi connectivity index (χ1v) is 8.11. The van der Waals surface area contributed by atoms with Gasteiger partial charge < -0.3 is 10.6 Å². The van der Waals surface area contributed by atoms with Crippen molar-refractivity contribution >= 4 is 23.2 Å². The van der Waals surface area contributed by atoms with Crippen LogP contribution in [-0.2, 0) is 12.8 Å². The van der Waals surface area contributed by atoms with Crippen molar-refractivity contribution in [2.75, 3.05) is 18.4 Å². The molecule has 1 aliphatic rings. The third-order valence-electron chi connectivity index (χ3n) is 3.57. The summed E-state index contributed by atoms with van der Waals surface area (Å²) in [7, 11) is 0. The maximum atomic E-state index is 12.2. The number of amides is 1. The molecule has 0 unspecified atom stereocenters. The molecule has 0 aromatic carbocycles. The van der Waals surface area contributed by atoms with Gasteiger partial charge in [0.05, 0.1) is 5.56 Å². The minimum atomic E-state index is 0.0326. The van der Waals surface area contributed by atoms with Gasteiger partial charge in [0.25, 0.3) is 5.91 Å². The summed E-state index contributed by atoms with van der Waals surface area (Å²) < 4.78 is 0. The topological polar surface area (TPSA) is 66.9 Å². The van der Waals surface area contributed by atoms with Crippen LogP contribution < -0.4 is 10.6 Å². The molecule has 0 atom stereocenters. The predicted molar refractivity (Wildman–Crippen MR) is 83.8 cm³/mol. The average molecular weight is 302 g/mol. The summed E-state index contributed by atoms with van der Waals surface area (Å²) in [5.74, 6) is 0.616. The second kappa shape index (κ2) is 6.67. The zero-order valence-corrected chi connectivity index (χ0v) is 12.6. The van der Waals surface area contributed by atoms with Crippen molar-refractivity contribution in [2.45, 2.75) is 25.7 Å². The number of rotatable bonds is 5. The molecule has 0 fully saturated rings. The average Bonchev–Trinajstić information content (AvgIpc) is 2.96. The summed E-state index contributed by atoms with van der Waals surface area (Å²) >= 11 is 1.72. The number of fused-ring (bicyclic) bond motifs is 1. The number of anilines is 1. The molecule has 2 N–H and O–H groups in total. The van der Waals surface area contributed by atoms with Crippen LogP contribution in [0.25, 0.3) is 0 Å². The Morgan fingerprint density at radius 3 is 2.86 bits per heavy atom. The zero-order chi connectivity index (χ0) is 14.5. The van der Waals surface area contributed by atoms with Gasteiger partial charge in [-0.25, -0.2) is 9.97 Å². The molecule has 0 saturated carbocycles. The third-order valence-corrected chi connectivity index (χ3v) is 4.65. The number of nitrogens with one attached hydrogen (secondary N) is 2. The Bertz CT molecular complexity index is 611. The molecule has 0 aliphatic heterocycles. The largest absolute Gasteiger partial charge is 0.352 e. The Morgan fingerprint density at radius 1 is 1.19 bits per heavy atom. The maximum Gasteiger partial charge on any atom is 0.252 e. The molecule has 110 valence electrons. The summed E-state index contributed by atoms with van der Waals surface area (Å²) in [6.45, 7) is 1.17. The fraction of sp³-hybridized carbons (Fsp3) is 0.400. The van der Waals surface area contributed by atoms with E-state index in [2.05, 4.69) is 20.6 Å². The van der Waals surface area contributed by atoms with E-state index in [1.165, 1.54) is 23.3 Å². The van der Waals surface area contributed by atoms with E-state index in [1.54, 1.807) is 29.8 Å². The van der Waals surface area contributed by atoms with Crippen LogP contribution in [0.4, 0.5) is 5.95 Å². The SMILES string of the molecule is O=C(NCCNc1ncccn1)c1csc2c1CCCC2. The Balaban J connectivity index is 1.49. The summed E-state index contributed by atoms with van der Waals surface area (Å²) in [4.78, 5) is 21.8. The molecular formula is C15H18N4OS. The highest BCUT2D eigenvalue weighted by Gasteiger charge is 2.19. The van der Waals surface area contributed by atoms with Gasteiger partial charge in [0.15, 0.2) is 0 Å². The van der Waals surface area contributed by atoms with Crippen molar-refractivity contribution in [3.8, 4) is 0 Å². The fourth-order valence-electron chi connectivity index (χ4n) is 2.52. The Morgan fingerprint density at radius 2 is 2.00 bits per heavy atom. The van der Waals surface area contributed by atoms with Crippen LogP contribution >= 0.6 is 11.3 Å². The first-order valence-electron chi connectivity index (χ1n) is 7.23.